The smallest absolute Gasteiger partial charge is 0.298 e. The van der Waals surface area contributed by atoms with E-state index in [1.165, 1.54) is 0 Å². The largest absolute Gasteiger partial charge is 0.497 e. The van der Waals surface area contributed by atoms with Crippen LogP contribution in [0.5, 0.6) is 11.5 Å². The molecule has 0 atom stereocenters. The molecule has 1 amide bonds. The molecule has 0 saturated carbocycles. The number of nitrogens with one attached hydrogen (secondary N) is 1. The first-order chi connectivity index (χ1) is 17.6. The molecule has 6 nitrogen and oxygen atoms in total. The maximum Gasteiger partial charge on any atom is 0.298 e. The Morgan fingerprint density at radius 3 is 2.22 bits per heavy atom. The quantitative estimate of drug-likeness (QED) is 0.220. The minimum absolute atomic E-state index is 0.302. The molecule has 6 heteroatoms. The minimum Gasteiger partial charge on any atom is -0.497 e. The number of fused-ring (bicyclic) bond motifs is 1. The van der Waals surface area contributed by atoms with Crippen LogP contribution in [0.25, 0.3) is 16.6 Å². The van der Waals surface area contributed by atoms with Gasteiger partial charge in [0.2, 0.25) is 0 Å². The molecule has 36 heavy (non-hydrogen) atoms. The van der Waals surface area contributed by atoms with Crippen LogP contribution in [-0.4, -0.2) is 23.2 Å². The number of carbonyl (C=O) groups is 2. The maximum absolute atomic E-state index is 13.4. The zero-order valence-electron chi connectivity index (χ0n) is 19.7. The highest BCUT2D eigenvalue weighted by atomic mass is 16.5. The van der Waals surface area contributed by atoms with Crippen LogP contribution in [0.4, 0.5) is 5.69 Å². The summed E-state index contributed by atoms with van der Waals surface area (Å²) in [6.07, 6.45) is 1.78. The molecule has 2 aromatic heterocycles. The van der Waals surface area contributed by atoms with Crippen LogP contribution in [0.2, 0.25) is 0 Å². The van der Waals surface area contributed by atoms with Crippen LogP contribution >= 0.6 is 0 Å². The summed E-state index contributed by atoms with van der Waals surface area (Å²) < 4.78 is 12.8. The third-order valence-electron chi connectivity index (χ3n) is 5.86. The Balaban J connectivity index is 1.35. The van der Waals surface area contributed by atoms with Gasteiger partial charge in [-0.25, -0.2) is 0 Å². The van der Waals surface area contributed by atoms with Crippen LogP contribution in [0.15, 0.2) is 109 Å². The maximum atomic E-state index is 13.4. The van der Waals surface area contributed by atoms with E-state index in [2.05, 4.69) is 5.32 Å². The summed E-state index contributed by atoms with van der Waals surface area (Å²) in [6, 6.07) is 31.7. The lowest BCUT2D eigenvalue weighted by Gasteiger charge is -2.10. The van der Waals surface area contributed by atoms with Gasteiger partial charge in [0.05, 0.1) is 7.11 Å². The van der Waals surface area contributed by atoms with Gasteiger partial charge in [-0.2, -0.15) is 0 Å². The highest BCUT2D eigenvalue weighted by molar-refractivity contribution is 6.47. The average molecular weight is 477 g/mol. The molecule has 0 saturated heterocycles. The first-order valence-corrected chi connectivity index (χ1v) is 11.5. The monoisotopic (exact) mass is 476 g/mol. The zero-order chi connectivity index (χ0) is 24.9. The molecule has 5 rings (SSSR count). The zero-order valence-corrected chi connectivity index (χ0v) is 19.7. The highest BCUT2D eigenvalue weighted by Crippen LogP contribution is 2.30. The lowest BCUT2D eigenvalue weighted by Crippen LogP contribution is -2.24. The van der Waals surface area contributed by atoms with Crippen molar-refractivity contribution in [2.24, 2.45) is 0 Å². The Hall–Kier alpha value is -4.84. The Morgan fingerprint density at radius 1 is 0.806 bits per heavy atom. The van der Waals surface area contributed by atoms with Crippen molar-refractivity contribution >= 4 is 22.9 Å². The van der Waals surface area contributed by atoms with E-state index < -0.39 is 11.7 Å². The molecule has 0 aliphatic carbocycles. The van der Waals surface area contributed by atoms with E-state index in [4.69, 9.17) is 9.47 Å². The number of nitrogens with zero attached hydrogens (tertiary/aromatic N) is 1. The van der Waals surface area contributed by atoms with E-state index in [0.717, 1.165) is 16.6 Å². The SMILES string of the molecule is COc1ccc(-c2cc3ccccn3c2C(=O)C(=O)Nc2ccc(OCc3ccccc3)cc2)cc1. The molecule has 3 aromatic carbocycles. The summed E-state index contributed by atoms with van der Waals surface area (Å²) in [5.41, 5.74) is 4.18. The number of anilines is 1. The molecule has 1 N–H and O–H groups in total. The molecule has 5 aromatic rings. The first-order valence-electron chi connectivity index (χ1n) is 11.5. The van der Waals surface area contributed by atoms with E-state index in [9.17, 15) is 9.59 Å². The number of carbonyl (C=O) groups excluding carboxylic acids is 2. The Kier molecular flexibility index (Phi) is 6.49. The third-order valence-corrected chi connectivity index (χ3v) is 5.86. The van der Waals surface area contributed by atoms with Crippen molar-refractivity contribution < 1.29 is 19.1 Å². The number of methoxy groups -OCH3 is 1. The standard InChI is InChI=1S/C30H24N2O4/c1-35-25-14-10-22(11-15-25)27-19-24-9-5-6-18-32(24)28(27)29(33)30(34)31-23-12-16-26(17-13-23)36-20-21-7-3-2-4-8-21/h2-19H,20H2,1H3,(H,31,34). The number of Topliss-reactive ketones (excluding diaryl/α,β-unsaturated/α-hetero) is 1. The van der Waals surface area contributed by atoms with Crippen LogP contribution in [-0.2, 0) is 11.4 Å². The fourth-order valence-corrected chi connectivity index (χ4v) is 4.02. The average Bonchev–Trinajstić information content (AvgIpc) is 3.32. The molecular weight excluding hydrogens is 452 g/mol. The molecule has 178 valence electrons. The van der Waals surface area contributed by atoms with Gasteiger partial charge >= 0.3 is 0 Å². The molecule has 0 bridgehead atoms. The van der Waals surface area contributed by atoms with E-state index in [1.54, 1.807) is 42.0 Å². The van der Waals surface area contributed by atoms with Gasteiger partial charge < -0.3 is 19.2 Å². The number of ketones is 1. The van der Waals surface area contributed by atoms with Crippen molar-refractivity contribution in [1.82, 2.24) is 4.40 Å². The van der Waals surface area contributed by atoms with E-state index in [0.29, 0.717) is 35.1 Å². The van der Waals surface area contributed by atoms with Gasteiger partial charge in [0.25, 0.3) is 11.7 Å². The summed E-state index contributed by atoms with van der Waals surface area (Å²) in [4.78, 5) is 26.4. The normalized spacial score (nSPS) is 10.7. The van der Waals surface area contributed by atoms with Gasteiger partial charge in [0, 0.05) is 23.0 Å². The van der Waals surface area contributed by atoms with Crippen molar-refractivity contribution in [3.05, 3.63) is 121 Å². The second-order valence-corrected chi connectivity index (χ2v) is 8.21. The lowest BCUT2D eigenvalue weighted by atomic mass is 10.0. The van der Waals surface area contributed by atoms with Crippen molar-refractivity contribution in [2.45, 2.75) is 6.61 Å². The number of benzene rings is 3. The Bertz CT molecular complexity index is 1500. The molecule has 2 heterocycles. The van der Waals surface area contributed by atoms with Crippen molar-refractivity contribution in [1.29, 1.82) is 0 Å². The van der Waals surface area contributed by atoms with Crippen molar-refractivity contribution in [2.75, 3.05) is 12.4 Å². The summed E-state index contributed by atoms with van der Waals surface area (Å²) >= 11 is 0. The van der Waals surface area contributed by atoms with Crippen molar-refractivity contribution in [3.8, 4) is 22.6 Å². The molecule has 0 spiro atoms. The van der Waals surface area contributed by atoms with Gasteiger partial charge in [-0.3, -0.25) is 9.59 Å². The minimum atomic E-state index is -0.716. The van der Waals surface area contributed by atoms with Crippen molar-refractivity contribution in [3.63, 3.8) is 0 Å². The molecule has 0 aliphatic heterocycles. The van der Waals surface area contributed by atoms with Gasteiger partial charge in [-0.1, -0.05) is 48.5 Å². The topological polar surface area (TPSA) is 69.0 Å². The second kappa shape index (κ2) is 10.2. The molecule has 0 radical (unpaired) electrons. The first kappa shape index (κ1) is 22.9. The number of hydrogen-bond acceptors (Lipinski definition) is 4. The molecule has 0 aliphatic rings. The summed E-state index contributed by atoms with van der Waals surface area (Å²) in [6.45, 7) is 0.445. The lowest BCUT2D eigenvalue weighted by molar-refractivity contribution is -0.112. The number of pyridine rings is 1. The summed E-state index contributed by atoms with van der Waals surface area (Å²) in [5.74, 6) is 0.0369. The summed E-state index contributed by atoms with van der Waals surface area (Å²) in [7, 11) is 1.60. The number of aromatic nitrogens is 1. The highest BCUT2D eigenvalue weighted by Gasteiger charge is 2.25. The molecular formula is C30H24N2O4. The van der Waals surface area contributed by atoms with Crippen LogP contribution in [0, 0.1) is 0 Å². The fourth-order valence-electron chi connectivity index (χ4n) is 4.02. The van der Waals surface area contributed by atoms with Gasteiger partial charge in [-0.05, 0) is 65.7 Å². The predicted octanol–water partition coefficient (Wildman–Crippen LogP) is 6.02. The van der Waals surface area contributed by atoms with Crippen LogP contribution < -0.4 is 14.8 Å². The second-order valence-electron chi connectivity index (χ2n) is 8.21. The third kappa shape index (κ3) is 4.83. The predicted molar refractivity (Wildman–Crippen MR) is 140 cm³/mol. The van der Waals surface area contributed by atoms with E-state index in [1.807, 2.05) is 78.9 Å². The Morgan fingerprint density at radius 2 is 1.50 bits per heavy atom. The molecule has 0 fully saturated rings. The fraction of sp³-hybridized carbons (Fsp3) is 0.0667. The van der Waals surface area contributed by atoms with Crippen LogP contribution in [0.1, 0.15) is 16.1 Å². The number of amides is 1. The van der Waals surface area contributed by atoms with E-state index in [-0.39, 0.29) is 0 Å². The van der Waals surface area contributed by atoms with Gasteiger partial charge in [-0.15, -0.1) is 0 Å². The van der Waals surface area contributed by atoms with Gasteiger partial charge in [0.15, 0.2) is 0 Å². The number of hydrogen-bond donors (Lipinski definition) is 1. The summed E-state index contributed by atoms with van der Waals surface area (Å²) in [5, 5.41) is 2.72. The number of ether oxygens (including phenoxy) is 2. The number of rotatable bonds is 8. The Labute approximate surface area is 208 Å². The molecule has 0 unspecified atom stereocenters. The van der Waals surface area contributed by atoms with Gasteiger partial charge in [0.1, 0.15) is 23.8 Å². The van der Waals surface area contributed by atoms with E-state index >= 15 is 0 Å². The van der Waals surface area contributed by atoms with Crippen LogP contribution in [0.3, 0.4) is 0 Å².